The highest BCUT2D eigenvalue weighted by molar-refractivity contribution is 7.07. The second-order valence-corrected chi connectivity index (χ2v) is 11.8. The molecule has 0 spiro atoms. The van der Waals surface area contributed by atoms with Gasteiger partial charge < -0.3 is 14.7 Å². The number of aromatic nitrogens is 1. The minimum Gasteiger partial charge on any atom is -0.496 e. The standard InChI is InChI=1S/C33H38N2O3S/c1-23-18-28(13-17-32(23)38-2)26-9-6-25(7-10-26)20-35(33(37)27-11-15-31(36)16-12-27)30-5-3-4-24(19-30)8-14-29-21-39-22-34-29/h3-5,13,17-19,21-22,25-27,31,36H,6-7,9-12,15-16,20H2,1-2H3. The lowest BCUT2D eigenvalue weighted by molar-refractivity contribution is -0.124. The molecule has 1 heterocycles. The number of rotatable bonds is 6. The van der Waals surface area contributed by atoms with Crippen molar-refractivity contribution < 1.29 is 14.6 Å². The molecule has 0 radical (unpaired) electrons. The summed E-state index contributed by atoms with van der Waals surface area (Å²) in [5.41, 5.74) is 6.94. The number of benzene rings is 2. The highest BCUT2D eigenvalue weighted by atomic mass is 32.1. The quantitative estimate of drug-likeness (QED) is 0.351. The van der Waals surface area contributed by atoms with Gasteiger partial charge in [-0.3, -0.25) is 4.79 Å². The minimum atomic E-state index is -0.274. The summed E-state index contributed by atoms with van der Waals surface area (Å²) in [6, 6.07) is 14.6. The lowest BCUT2D eigenvalue weighted by Gasteiger charge is -2.36. The molecule has 5 nitrogen and oxygen atoms in total. The molecular weight excluding hydrogens is 504 g/mol. The Morgan fingerprint density at radius 2 is 1.85 bits per heavy atom. The van der Waals surface area contributed by atoms with Gasteiger partial charge in [0.15, 0.2) is 0 Å². The van der Waals surface area contributed by atoms with Gasteiger partial charge in [0.2, 0.25) is 5.91 Å². The number of thiazole rings is 1. The summed E-state index contributed by atoms with van der Waals surface area (Å²) < 4.78 is 5.45. The Morgan fingerprint density at radius 1 is 1.05 bits per heavy atom. The van der Waals surface area contributed by atoms with Crippen LogP contribution in [0.2, 0.25) is 0 Å². The normalized spacial score (nSPS) is 22.9. The van der Waals surface area contributed by atoms with Crippen molar-refractivity contribution >= 4 is 22.9 Å². The maximum Gasteiger partial charge on any atom is 0.230 e. The number of aliphatic hydroxyl groups excluding tert-OH is 1. The summed E-state index contributed by atoms with van der Waals surface area (Å²) in [4.78, 5) is 20.2. The number of carbonyl (C=O) groups excluding carboxylic acids is 1. The molecule has 0 unspecified atom stereocenters. The molecule has 0 saturated heterocycles. The predicted octanol–water partition coefficient (Wildman–Crippen LogP) is 6.72. The fourth-order valence-electron chi connectivity index (χ4n) is 6.12. The number of hydrogen-bond acceptors (Lipinski definition) is 5. The lowest BCUT2D eigenvalue weighted by atomic mass is 9.78. The van der Waals surface area contributed by atoms with Crippen LogP contribution in [0, 0.1) is 30.6 Å². The van der Waals surface area contributed by atoms with Gasteiger partial charge in [0.25, 0.3) is 0 Å². The molecule has 0 aliphatic heterocycles. The minimum absolute atomic E-state index is 0.0308. The zero-order valence-corrected chi connectivity index (χ0v) is 23.8. The summed E-state index contributed by atoms with van der Waals surface area (Å²) >= 11 is 1.53. The van der Waals surface area contributed by atoms with Crippen LogP contribution in [0.4, 0.5) is 5.69 Å². The van der Waals surface area contributed by atoms with E-state index in [1.807, 2.05) is 34.5 Å². The van der Waals surface area contributed by atoms with Crippen LogP contribution in [0.3, 0.4) is 0 Å². The second-order valence-electron chi connectivity index (χ2n) is 11.1. The van der Waals surface area contributed by atoms with Crippen LogP contribution in [0.25, 0.3) is 0 Å². The summed E-state index contributed by atoms with van der Waals surface area (Å²) in [6.45, 7) is 2.84. The maximum atomic E-state index is 13.9. The van der Waals surface area contributed by atoms with E-state index < -0.39 is 0 Å². The Kier molecular flexibility index (Phi) is 9.01. The van der Waals surface area contributed by atoms with E-state index in [-0.39, 0.29) is 17.9 Å². The molecule has 2 aliphatic carbocycles. The smallest absolute Gasteiger partial charge is 0.230 e. The molecular formula is C33H38N2O3S. The molecule has 2 fully saturated rings. The predicted molar refractivity (Wildman–Crippen MR) is 157 cm³/mol. The lowest BCUT2D eigenvalue weighted by Crippen LogP contribution is -2.41. The molecule has 6 heteroatoms. The zero-order valence-electron chi connectivity index (χ0n) is 22.9. The van der Waals surface area contributed by atoms with E-state index in [0.29, 0.717) is 24.7 Å². The Labute approximate surface area is 236 Å². The molecule has 0 bridgehead atoms. The van der Waals surface area contributed by atoms with Crippen LogP contribution < -0.4 is 9.64 Å². The van der Waals surface area contributed by atoms with Crippen LogP contribution in [-0.4, -0.2) is 35.8 Å². The third-order valence-electron chi connectivity index (χ3n) is 8.41. The van der Waals surface area contributed by atoms with Gasteiger partial charge in [-0.1, -0.05) is 24.1 Å². The molecule has 2 saturated carbocycles. The first kappa shape index (κ1) is 27.4. The van der Waals surface area contributed by atoms with E-state index >= 15 is 0 Å². The third-order valence-corrected chi connectivity index (χ3v) is 9.00. The summed E-state index contributed by atoms with van der Waals surface area (Å²) in [6.07, 6.45) is 7.11. The van der Waals surface area contributed by atoms with E-state index in [0.717, 1.165) is 67.8 Å². The number of nitrogens with zero attached hydrogens (tertiary/aromatic N) is 2. The fourth-order valence-corrected chi connectivity index (χ4v) is 6.60. The van der Waals surface area contributed by atoms with Crippen LogP contribution in [0.15, 0.2) is 53.4 Å². The van der Waals surface area contributed by atoms with Gasteiger partial charge in [0, 0.05) is 29.1 Å². The van der Waals surface area contributed by atoms with Crippen LogP contribution in [-0.2, 0) is 4.79 Å². The number of hydrogen-bond donors (Lipinski definition) is 1. The first-order valence-electron chi connectivity index (χ1n) is 14.1. The van der Waals surface area contributed by atoms with Gasteiger partial charge >= 0.3 is 0 Å². The average molecular weight is 543 g/mol. The first-order chi connectivity index (χ1) is 19.0. The van der Waals surface area contributed by atoms with Crippen molar-refractivity contribution in [3.8, 4) is 17.6 Å². The Bertz CT molecular complexity index is 1310. The van der Waals surface area contributed by atoms with Crippen molar-refractivity contribution in [2.45, 2.75) is 70.3 Å². The number of carbonyl (C=O) groups is 1. The van der Waals surface area contributed by atoms with Crippen molar-refractivity contribution in [1.29, 1.82) is 0 Å². The van der Waals surface area contributed by atoms with Gasteiger partial charge in [0.1, 0.15) is 11.4 Å². The first-order valence-corrected chi connectivity index (χ1v) is 15.1. The van der Waals surface area contributed by atoms with Crippen LogP contribution in [0.5, 0.6) is 5.75 Å². The van der Waals surface area contributed by atoms with Gasteiger partial charge in [-0.05, 0) is 111 Å². The average Bonchev–Trinajstić information content (AvgIpc) is 3.49. The monoisotopic (exact) mass is 542 g/mol. The number of anilines is 1. The van der Waals surface area contributed by atoms with Crippen molar-refractivity contribution in [1.82, 2.24) is 4.98 Å². The van der Waals surface area contributed by atoms with E-state index in [2.05, 4.69) is 41.9 Å². The molecule has 204 valence electrons. The number of ether oxygens (including phenoxy) is 1. The highest BCUT2D eigenvalue weighted by Crippen LogP contribution is 2.38. The van der Waals surface area contributed by atoms with E-state index in [1.165, 1.54) is 22.5 Å². The molecule has 1 amide bonds. The number of methoxy groups -OCH3 is 1. The van der Waals surface area contributed by atoms with E-state index in [4.69, 9.17) is 4.74 Å². The van der Waals surface area contributed by atoms with Crippen molar-refractivity contribution in [2.75, 3.05) is 18.6 Å². The van der Waals surface area contributed by atoms with Crippen molar-refractivity contribution in [3.63, 3.8) is 0 Å². The Morgan fingerprint density at radius 3 is 2.54 bits per heavy atom. The van der Waals surface area contributed by atoms with Crippen molar-refractivity contribution in [3.05, 3.63) is 75.7 Å². The molecule has 1 aromatic heterocycles. The summed E-state index contributed by atoms with van der Waals surface area (Å²) in [7, 11) is 1.72. The van der Waals surface area contributed by atoms with Crippen LogP contribution in [0.1, 0.15) is 79.7 Å². The molecule has 2 aromatic carbocycles. The maximum absolute atomic E-state index is 13.9. The Balaban J connectivity index is 1.31. The molecule has 3 aromatic rings. The van der Waals surface area contributed by atoms with Crippen LogP contribution >= 0.6 is 11.3 Å². The molecule has 39 heavy (non-hydrogen) atoms. The van der Waals surface area contributed by atoms with Gasteiger partial charge in [-0.15, -0.1) is 11.3 Å². The van der Waals surface area contributed by atoms with Gasteiger partial charge in [-0.25, -0.2) is 4.98 Å². The topological polar surface area (TPSA) is 62.7 Å². The molecule has 5 rings (SSSR count). The third kappa shape index (κ3) is 6.90. The highest BCUT2D eigenvalue weighted by Gasteiger charge is 2.32. The summed E-state index contributed by atoms with van der Waals surface area (Å²) in [5.74, 6) is 8.47. The Hall–Kier alpha value is -3.14. The van der Waals surface area contributed by atoms with Gasteiger partial charge in [-0.2, -0.15) is 0 Å². The fraction of sp³-hybridized carbons (Fsp3) is 0.455. The molecule has 1 N–H and O–H groups in total. The van der Waals surface area contributed by atoms with E-state index in [1.54, 1.807) is 12.6 Å². The molecule has 0 atom stereocenters. The number of aryl methyl sites for hydroxylation is 1. The zero-order chi connectivity index (χ0) is 27.2. The SMILES string of the molecule is COc1ccc(C2CCC(CN(C(=O)C3CCC(O)CC3)c3cccc(C#Cc4cscn4)c3)CC2)cc1C. The van der Waals surface area contributed by atoms with E-state index in [9.17, 15) is 9.90 Å². The number of aliphatic hydroxyl groups is 1. The van der Waals surface area contributed by atoms with Crippen molar-refractivity contribution in [2.24, 2.45) is 11.8 Å². The second kappa shape index (κ2) is 12.8. The van der Waals surface area contributed by atoms with Gasteiger partial charge in [0.05, 0.1) is 18.7 Å². The largest absolute Gasteiger partial charge is 0.496 e. The molecule has 2 aliphatic rings. The number of amides is 1. The summed E-state index contributed by atoms with van der Waals surface area (Å²) in [5, 5.41) is 12.0.